The number of non-ortho nitro benzene ring substituents is 1. The summed E-state index contributed by atoms with van der Waals surface area (Å²) in [6, 6.07) is 11.7. The Labute approximate surface area is 214 Å². The lowest BCUT2D eigenvalue weighted by Gasteiger charge is -2.32. The molecule has 2 aliphatic rings. The third-order valence-electron chi connectivity index (χ3n) is 8.04. The second-order valence-electron chi connectivity index (χ2n) is 10.5. The van der Waals surface area contributed by atoms with Crippen molar-refractivity contribution < 1.29 is 14.6 Å². The monoisotopic (exact) mass is 490 g/mol. The molecule has 2 aromatic rings. The third kappa shape index (κ3) is 5.23. The summed E-state index contributed by atoms with van der Waals surface area (Å²) in [5.74, 6) is 0.275. The van der Waals surface area contributed by atoms with Crippen LogP contribution < -0.4 is 0 Å². The molecule has 192 valence electrons. The zero-order chi connectivity index (χ0) is 25.7. The first kappa shape index (κ1) is 26.1. The Morgan fingerprint density at radius 3 is 2.28 bits per heavy atom. The second-order valence-corrected chi connectivity index (χ2v) is 10.5. The first-order chi connectivity index (χ1) is 17.4. The van der Waals surface area contributed by atoms with Gasteiger partial charge in [-0.2, -0.15) is 0 Å². The molecule has 0 N–H and O–H groups in total. The van der Waals surface area contributed by atoms with Crippen LogP contribution in [-0.4, -0.2) is 16.6 Å². The van der Waals surface area contributed by atoms with Gasteiger partial charge in [0.1, 0.15) is 0 Å². The maximum atomic E-state index is 11.6. The number of hydrogen-bond acceptors (Lipinski definition) is 5. The summed E-state index contributed by atoms with van der Waals surface area (Å²) >= 11 is 0. The topological polar surface area (TPSA) is 81.8 Å². The molecule has 0 unspecified atom stereocenters. The number of fused-ring (bicyclic) bond motifs is 3. The average Bonchev–Trinajstić information content (AvgIpc) is 3.13. The van der Waals surface area contributed by atoms with E-state index >= 15 is 0 Å². The summed E-state index contributed by atoms with van der Waals surface area (Å²) in [4.78, 5) is 28.1. The lowest BCUT2D eigenvalue weighted by Crippen LogP contribution is -2.25. The van der Waals surface area contributed by atoms with Crippen LogP contribution >= 0.6 is 0 Å². The molecule has 0 aliphatic heterocycles. The van der Waals surface area contributed by atoms with Gasteiger partial charge in [0, 0.05) is 24.5 Å². The van der Waals surface area contributed by atoms with E-state index in [2.05, 4.69) is 37.2 Å². The molecule has 6 heteroatoms. The molecule has 0 bridgehead atoms. The highest BCUT2D eigenvalue weighted by atomic mass is 16.7. The minimum atomic E-state index is -0.419. The van der Waals surface area contributed by atoms with Crippen LogP contribution in [0.25, 0.3) is 11.1 Å². The summed E-state index contributed by atoms with van der Waals surface area (Å²) in [6.45, 7) is 5.73. The van der Waals surface area contributed by atoms with Gasteiger partial charge in [-0.1, -0.05) is 76.1 Å². The van der Waals surface area contributed by atoms with Gasteiger partial charge in [0.15, 0.2) is 0 Å². The fraction of sp³-hybridized carbons (Fsp3) is 0.533. The molecule has 2 aliphatic carbocycles. The number of nitrogens with zero attached hydrogens (tertiary/aromatic N) is 2. The van der Waals surface area contributed by atoms with E-state index in [9.17, 15) is 14.9 Å². The number of benzene rings is 2. The van der Waals surface area contributed by atoms with E-state index in [4.69, 9.17) is 4.84 Å². The summed E-state index contributed by atoms with van der Waals surface area (Å²) in [6.07, 6.45) is 12.0. The van der Waals surface area contributed by atoms with Crippen LogP contribution in [0.2, 0.25) is 0 Å². The molecule has 6 nitrogen and oxygen atoms in total. The van der Waals surface area contributed by atoms with E-state index in [0.29, 0.717) is 5.92 Å². The van der Waals surface area contributed by atoms with Crippen LogP contribution in [0.5, 0.6) is 0 Å². The number of nitro benzene ring substituents is 1. The molecule has 1 fully saturated rings. The van der Waals surface area contributed by atoms with Gasteiger partial charge in [-0.15, -0.1) is 0 Å². The Kier molecular flexibility index (Phi) is 8.22. The molecule has 4 rings (SSSR count). The van der Waals surface area contributed by atoms with Crippen LogP contribution in [0.1, 0.15) is 108 Å². The van der Waals surface area contributed by atoms with E-state index in [1.54, 1.807) is 12.1 Å². The summed E-state index contributed by atoms with van der Waals surface area (Å²) in [5.41, 5.74) is 6.16. The normalized spacial score (nSPS) is 16.9. The van der Waals surface area contributed by atoms with Crippen LogP contribution in [-0.2, 0) is 15.0 Å². The number of rotatable bonds is 10. The first-order valence-corrected chi connectivity index (χ1v) is 13.6. The molecule has 0 atom stereocenters. The van der Waals surface area contributed by atoms with Gasteiger partial charge < -0.3 is 4.84 Å². The summed E-state index contributed by atoms with van der Waals surface area (Å²) in [7, 11) is 0. The maximum Gasteiger partial charge on any atom is 0.331 e. The highest BCUT2D eigenvalue weighted by Gasteiger charge is 2.43. The number of carbonyl (C=O) groups excluding carboxylic acids is 1. The van der Waals surface area contributed by atoms with Gasteiger partial charge in [-0.3, -0.25) is 10.1 Å². The first-order valence-electron chi connectivity index (χ1n) is 13.6. The van der Waals surface area contributed by atoms with Gasteiger partial charge in [-0.05, 0) is 71.6 Å². The second kappa shape index (κ2) is 11.4. The molecule has 0 saturated heterocycles. The van der Waals surface area contributed by atoms with Crippen molar-refractivity contribution in [2.24, 2.45) is 11.1 Å². The molecular weight excluding hydrogens is 452 g/mol. The van der Waals surface area contributed by atoms with Crippen molar-refractivity contribution in [1.29, 1.82) is 0 Å². The molecule has 0 radical (unpaired) electrons. The van der Waals surface area contributed by atoms with E-state index in [-0.39, 0.29) is 16.0 Å². The van der Waals surface area contributed by atoms with Gasteiger partial charge in [-0.25, -0.2) is 4.79 Å². The van der Waals surface area contributed by atoms with E-state index in [0.717, 1.165) is 66.5 Å². The lowest BCUT2D eigenvalue weighted by molar-refractivity contribution is -0.384. The largest absolute Gasteiger partial charge is 0.331 e. The van der Waals surface area contributed by atoms with Crippen LogP contribution in [0.4, 0.5) is 5.69 Å². The molecule has 0 spiro atoms. The molecule has 0 heterocycles. The van der Waals surface area contributed by atoms with Crippen LogP contribution in [0.3, 0.4) is 0 Å². The van der Waals surface area contributed by atoms with Crippen molar-refractivity contribution in [3.63, 3.8) is 0 Å². The highest BCUT2D eigenvalue weighted by molar-refractivity contribution is 6.01. The van der Waals surface area contributed by atoms with Gasteiger partial charge in [0.2, 0.25) is 0 Å². The Morgan fingerprint density at radius 1 is 1.03 bits per heavy atom. The van der Waals surface area contributed by atoms with Crippen molar-refractivity contribution in [1.82, 2.24) is 0 Å². The summed E-state index contributed by atoms with van der Waals surface area (Å²) < 4.78 is 0. The van der Waals surface area contributed by atoms with Gasteiger partial charge in [0.05, 0.1) is 10.6 Å². The van der Waals surface area contributed by atoms with Crippen LogP contribution in [0, 0.1) is 16.0 Å². The molecular formula is C30H38N2O4. The fourth-order valence-corrected chi connectivity index (χ4v) is 6.47. The predicted molar refractivity (Wildman–Crippen MR) is 143 cm³/mol. The van der Waals surface area contributed by atoms with Gasteiger partial charge >= 0.3 is 5.97 Å². The number of carbonyl (C=O) groups is 1. The zero-order valence-electron chi connectivity index (χ0n) is 21.8. The molecule has 2 aromatic carbocycles. The Balaban J connectivity index is 1.77. The van der Waals surface area contributed by atoms with Crippen LogP contribution in [0.15, 0.2) is 41.6 Å². The Morgan fingerprint density at radius 2 is 1.67 bits per heavy atom. The number of hydrogen-bond donors (Lipinski definition) is 0. The van der Waals surface area contributed by atoms with Crippen molar-refractivity contribution in [3.8, 4) is 11.1 Å². The van der Waals surface area contributed by atoms with Crippen molar-refractivity contribution in [2.45, 2.75) is 96.8 Å². The Hall–Kier alpha value is -3.02. The SMILES string of the molecule is CCCC1(CCC)c2cc(/C(CCC3CCCCC3)=N\OC(C)=O)ccc2-c2ccc([N+](=O)[O-])cc21. The molecule has 0 aromatic heterocycles. The smallest absolute Gasteiger partial charge is 0.318 e. The quantitative estimate of drug-likeness (QED) is 0.146. The van der Waals surface area contributed by atoms with E-state index in [1.807, 2.05) is 6.07 Å². The van der Waals surface area contributed by atoms with Crippen molar-refractivity contribution >= 4 is 17.4 Å². The fourth-order valence-electron chi connectivity index (χ4n) is 6.47. The van der Waals surface area contributed by atoms with E-state index in [1.165, 1.54) is 44.6 Å². The Bertz CT molecular complexity index is 1140. The molecule has 36 heavy (non-hydrogen) atoms. The standard InChI is InChI=1S/C30H38N2O4/c1-4-17-30(18-5-2)27-19-23(12-14-25(27)26-15-13-24(32(34)35)20-28(26)30)29(31-36-21(3)33)16-11-22-9-7-6-8-10-22/h12-15,19-20,22H,4-11,16-18H2,1-3H3/b31-29-. The average molecular weight is 491 g/mol. The maximum absolute atomic E-state index is 11.6. The minimum absolute atomic E-state index is 0.142. The highest BCUT2D eigenvalue weighted by Crippen LogP contribution is 2.54. The summed E-state index contributed by atoms with van der Waals surface area (Å²) in [5, 5.41) is 15.9. The third-order valence-corrected chi connectivity index (χ3v) is 8.04. The lowest BCUT2D eigenvalue weighted by atomic mass is 9.71. The number of nitro groups is 1. The minimum Gasteiger partial charge on any atom is -0.318 e. The number of oxime groups is 1. The predicted octanol–water partition coefficient (Wildman–Crippen LogP) is 8.09. The van der Waals surface area contributed by atoms with Gasteiger partial charge in [0.25, 0.3) is 5.69 Å². The van der Waals surface area contributed by atoms with E-state index < -0.39 is 5.97 Å². The molecule has 0 amide bonds. The zero-order valence-corrected chi connectivity index (χ0v) is 21.8. The van der Waals surface area contributed by atoms with Crippen molar-refractivity contribution in [2.75, 3.05) is 0 Å². The molecule has 1 saturated carbocycles. The van der Waals surface area contributed by atoms with Crippen molar-refractivity contribution in [3.05, 3.63) is 63.2 Å².